The van der Waals surface area contributed by atoms with Gasteiger partial charge in [0.15, 0.2) is 0 Å². The summed E-state index contributed by atoms with van der Waals surface area (Å²) < 4.78 is 5.95. The van der Waals surface area contributed by atoms with Crippen LogP contribution in [0.4, 0.5) is 0 Å². The summed E-state index contributed by atoms with van der Waals surface area (Å²) in [6, 6.07) is 24.3. The van der Waals surface area contributed by atoms with E-state index >= 15 is 0 Å². The largest absolute Gasteiger partial charge is 0.457 e. The highest BCUT2D eigenvalue weighted by molar-refractivity contribution is 5.80. The van der Waals surface area contributed by atoms with Crippen LogP contribution in [0.1, 0.15) is 0 Å². The molecule has 0 saturated heterocycles. The van der Waals surface area contributed by atoms with Gasteiger partial charge in [-0.15, -0.1) is 0 Å². The molecule has 4 aromatic rings. The molecule has 4 rings (SSSR count). The van der Waals surface area contributed by atoms with Crippen molar-refractivity contribution in [3.63, 3.8) is 0 Å². The zero-order valence-corrected chi connectivity index (χ0v) is 12.8. The van der Waals surface area contributed by atoms with Gasteiger partial charge in [-0.1, -0.05) is 42.5 Å². The van der Waals surface area contributed by atoms with E-state index in [-0.39, 0.29) is 5.56 Å². The van der Waals surface area contributed by atoms with Crippen molar-refractivity contribution < 1.29 is 4.74 Å². The van der Waals surface area contributed by atoms with Crippen LogP contribution in [0, 0.1) is 0 Å². The monoisotopic (exact) mass is 314 g/mol. The molecule has 0 amide bonds. The van der Waals surface area contributed by atoms with Gasteiger partial charge in [0.25, 0.3) is 5.56 Å². The molecule has 0 atom stereocenters. The summed E-state index contributed by atoms with van der Waals surface area (Å²) >= 11 is 0. The zero-order chi connectivity index (χ0) is 16.4. The highest BCUT2D eigenvalue weighted by Gasteiger charge is 2.11. The number of H-pyrrole nitrogens is 1. The van der Waals surface area contributed by atoms with Crippen molar-refractivity contribution in [2.75, 3.05) is 0 Å². The first kappa shape index (κ1) is 14.2. The lowest BCUT2D eigenvalue weighted by Gasteiger charge is -2.11. The van der Waals surface area contributed by atoms with E-state index in [2.05, 4.69) is 9.97 Å². The van der Waals surface area contributed by atoms with Crippen LogP contribution in [0.25, 0.3) is 22.3 Å². The van der Waals surface area contributed by atoms with Crippen LogP contribution < -0.4 is 10.3 Å². The molecule has 0 radical (unpaired) electrons. The third-order valence-corrected chi connectivity index (χ3v) is 3.73. The molecule has 0 unspecified atom stereocenters. The molecule has 3 aromatic carbocycles. The van der Waals surface area contributed by atoms with Crippen LogP contribution in [0.3, 0.4) is 0 Å². The summed E-state index contributed by atoms with van der Waals surface area (Å²) in [5, 5.41) is 0.572. The number of aromatic amines is 1. The van der Waals surface area contributed by atoms with Gasteiger partial charge in [0.2, 0.25) is 0 Å². The second-order valence-corrected chi connectivity index (χ2v) is 5.34. The maximum atomic E-state index is 12.3. The van der Waals surface area contributed by atoms with Gasteiger partial charge in [-0.2, -0.15) is 0 Å². The van der Waals surface area contributed by atoms with Gasteiger partial charge in [0, 0.05) is 0 Å². The Balaban J connectivity index is 1.84. The number of aromatic nitrogens is 2. The van der Waals surface area contributed by atoms with Gasteiger partial charge in [0.05, 0.1) is 16.5 Å². The maximum Gasteiger partial charge on any atom is 0.259 e. The average molecular weight is 314 g/mol. The topological polar surface area (TPSA) is 55.0 Å². The standard InChI is InChI=1S/C20H14N2O2/c23-20-15-10-4-6-12-17(15)21-19(22-20)16-11-5-7-13-18(16)24-14-8-2-1-3-9-14/h1-13H,(H,21,22,23). The fraction of sp³-hybridized carbons (Fsp3) is 0. The zero-order valence-electron chi connectivity index (χ0n) is 12.8. The number of nitrogens with one attached hydrogen (secondary N) is 1. The fourth-order valence-electron chi connectivity index (χ4n) is 2.58. The third kappa shape index (κ3) is 2.65. The summed E-state index contributed by atoms with van der Waals surface area (Å²) in [5.74, 6) is 1.86. The number of ether oxygens (including phenoxy) is 1. The van der Waals surface area contributed by atoms with E-state index < -0.39 is 0 Å². The van der Waals surface area contributed by atoms with E-state index in [0.29, 0.717) is 22.5 Å². The number of hydrogen-bond donors (Lipinski definition) is 1. The molecule has 1 heterocycles. The smallest absolute Gasteiger partial charge is 0.259 e. The molecule has 0 spiro atoms. The summed E-state index contributed by atoms with van der Waals surface area (Å²) in [5.41, 5.74) is 1.24. The summed E-state index contributed by atoms with van der Waals surface area (Å²) in [6.07, 6.45) is 0. The lowest BCUT2D eigenvalue weighted by Crippen LogP contribution is -2.09. The molecule has 0 aliphatic heterocycles. The number of hydrogen-bond acceptors (Lipinski definition) is 3. The summed E-state index contributed by atoms with van der Waals surface area (Å²) in [6.45, 7) is 0. The first-order valence-corrected chi connectivity index (χ1v) is 7.62. The molecule has 0 saturated carbocycles. The van der Waals surface area contributed by atoms with Crippen molar-refractivity contribution in [2.24, 2.45) is 0 Å². The Kier molecular flexibility index (Phi) is 3.56. The quantitative estimate of drug-likeness (QED) is 0.610. The fourth-order valence-corrected chi connectivity index (χ4v) is 2.58. The molecule has 1 N–H and O–H groups in total. The van der Waals surface area contributed by atoms with E-state index in [4.69, 9.17) is 4.74 Å². The van der Waals surface area contributed by atoms with Gasteiger partial charge in [-0.3, -0.25) is 4.79 Å². The van der Waals surface area contributed by atoms with Crippen LogP contribution >= 0.6 is 0 Å². The summed E-state index contributed by atoms with van der Waals surface area (Å²) in [4.78, 5) is 19.7. The molecular weight excluding hydrogens is 300 g/mol. The van der Waals surface area contributed by atoms with E-state index in [9.17, 15) is 4.79 Å². The minimum absolute atomic E-state index is 0.162. The predicted molar refractivity (Wildman–Crippen MR) is 94.3 cm³/mol. The Hall–Kier alpha value is -3.40. The molecule has 0 bridgehead atoms. The van der Waals surface area contributed by atoms with E-state index in [0.717, 1.165) is 11.3 Å². The highest BCUT2D eigenvalue weighted by Crippen LogP contribution is 2.31. The van der Waals surface area contributed by atoms with Crippen molar-refractivity contribution in [1.29, 1.82) is 0 Å². The molecule has 1 aromatic heterocycles. The van der Waals surface area contributed by atoms with Gasteiger partial charge < -0.3 is 9.72 Å². The Morgan fingerprint density at radius 1 is 0.792 bits per heavy atom. The van der Waals surface area contributed by atoms with E-state index in [1.54, 1.807) is 6.07 Å². The molecule has 24 heavy (non-hydrogen) atoms. The van der Waals surface area contributed by atoms with Gasteiger partial charge >= 0.3 is 0 Å². The normalized spacial score (nSPS) is 10.7. The molecular formula is C20H14N2O2. The molecule has 0 fully saturated rings. The van der Waals surface area contributed by atoms with Crippen LogP contribution in [-0.4, -0.2) is 9.97 Å². The number of fused-ring (bicyclic) bond motifs is 1. The van der Waals surface area contributed by atoms with Crippen molar-refractivity contribution in [1.82, 2.24) is 9.97 Å². The number of rotatable bonds is 3. The van der Waals surface area contributed by atoms with Crippen molar-refractivity contribution in [3.05, 3.63) is 89.2 Å². The third-order valence-electron chi connectivity index (χ3n) is 3.73. The number of para-hydroxylation sites is 3. The van der Waals surface area contributed by atoms with E-state index in [1.165, 1.54) is 0 Å². The highest BCUT2D eigenvalue weighted by atomic mass is 16.5. The Bertz CT molecular complexity index is 1060. The van der Waals surface area contributed by atoms with Crippen molar-refractivity contribution >= 4 is 10.9 Å². The average Bonchev–Trinajstić information content (AvgIpc) is 2.63. The molecule has 4 nitrogen and oxygen atoms in total. The van der Waals surface area contributed by atoms with Gasteiger partial charge in [0.1, 0.15) is 17.3 Å². The van der Waals surface area contributed by atoms with Gasteiger partial charge in [-0.05, 0) is 36.4 Å². The van der Waals surface area contributed by atoms with Crippen LogP contribution in [-0.2, 0) is 0 Å². The minimum Gasteiger partial charge on any atom is -0.457 e. The number of benzene rings is 3. The van der Waals surface area contributed by atoms with Crippen LogP contribution in [0.15, 0.2) is 83.7 Å². The molecule has 116 valence electrons. The predicted octanol–water partition coefficient (Wildman–Crippen LogP) is 4.38. The van der Waals surface area contributed by atoms with E-state index in [1.807, 2.05) is 72.8 Å². The van der Waals surface area contributed by atoms with Crippen molar-refractivity contribution in [2.45, 2.75) is 0 Å². The SMILES string of the molecule is O=c1[nH]c(-c2ccccc2Oc2ccccc2)nc2ccccc12. The maximum absolute atomic E-state index is 12.3. The first-order chi connectivity index (χ1) is 11.8. The lowest BCUT2D eigenvalue weighted by molar-refractivity contribution is 0.484. The molecule has 4 heteroatoms. The second-order valence-electron chi connectivity index (χ2n) is 5.34. The second kappa shape index (κ2) is 6.01. The number of nitrogens with zero attached hydrogens (tertiary/aromatic N) is 1. The Labute approximate surface area is 138 Å². The van der Waals surface area contributed by atoms with Crippen LogP contribution in [0.5, 0.6) is 11.5 Å². The Morgan fingerprint density at radius 2 is 1.50 bits per heavy atom. The molecule has 0 aliphatic rings. The first-order valence-electron chi connectivity index (χ1n) is 7.62. The molecule has 0 aliphatic carbocycles. The van der Waals surface area contributed by atoms with Crippen molar-refractivity contribution in [3.8, 4) is 22.9 Å². The van der Waals surface area contributed by atoms with Crippen LogP contribution in [0.2, 0.25) is 0 Å². The summed E-state index contributed by atoms with van der Waals surface area (Å²) in [7, 11) is 0. The van der Waals surface area contributed by atoms with Gasteiger partial charge in [-0.25, -0.2) is 4.98 Å². The lowest BCUT2D eigenvalue weighted by atomic mass is 10.1. The minimum atomic E-state index is -0.162. The Morgan fingerprint density at radius 3 is 2.38 bits per heavy atom.